The molecule has 8 heteroatoms. The fraction of sp³-hybridized carbons (Fsp3) is 0.636. The topological polar surface area (TPSA) is 85.3 Å². The van der Waals surface area contributed by atoms with E-state index in [1.54, 1.807) is 26.0 Å². The van der Waals surface area contributed by atoms with Crippen LogP contribution in [0.15, 0.2) is 24.3 Å². The van der Waals surface area contributed by atoms with Gasteiger partial charge < -0.3 is 25.0 Å². The first-order valence-corrected chi connectivity index (χ1v) is 10.6. The molecular formula is C22H34N4O4. The van der Waals surface area contributed by atoms with Crippen LogP contribution in [0.25, 0.3) is 0 Å². The van der Waals surface area contributed by atoms with E-state index in [4.69, 9.17) is 4.74 Å². The first kappa shape index (κ1) is 22.4. The van der Waals surface area contributed by atoms with Crippen LogP contribution in [0.2, 0.25) is 0 Å². The summed E-state index contributed by atoms with van der Waals surface area (Å²) in [7, 11) is 3.28. The molecule has 0 bridgehead atoms. The molecule has 0 aromatic heterocycles. The highest BCUT2D eigenvalue weighted by molar-refractivity contribution is 5.80. The average Bonchev–Trinajstić information content (AvgIpc) is 2.96. The molecular weight excluding hydrogens is 384 g/mol. The molecule has 2 N–H and O–H groups in total. The number of hydrogen-bond acceptors (Lipinski definition) is 6. The summed E-state index contributed by atoms with van der Waals surface area (Å²) < 4.78 is 5.22. The van der Waals surface area contributed by atoms with Gasteiger partial charge in [-0.05, 0) is 37.1 Å². The lowest BCUT2D eigenvalue weighted by Gasteiger charge is -2.42. The third kappa shape index (κ3) is 5.43. The molecule has 2 aliphatic rings. The number of carbonyl (C=O) groups excluding carboxylic acids is 2. The Bertz CT molecular complexity index is 731. The van der Waals surface area contributed by atoms with Crippen molar-refractivity contribution < 1.29 is 19.4 Å². The molecule has 1 aromatic carbocycles. The summed E-state index contributed by atoms with van der Waals surface area (Å²) in [5.74, 6) is 0.467. The van der Waals surface area contributed by atoms with Gasteiger partial charge in [0.25, 0.3) is 0 Å². The second-order valence-electron chi connectivity index (χ2n) is 8.42. The van der Waals surface area contributed by atoms with Crippen molar-refractivity contribution in [3.63, 3.8) is 0 Å². The third-order valence-electron chi connectivity index (χ3n) is 6.32. The second-order valence-corrected chi connectivity index (χ2v) is 8.42. The van der Waals surface area contributed by atoms with Gasteiger partial charge in [0, 0.05) is 65.5 Å². The maximum absolute atomic E-state index is 12.3. The van der Waals surface area contributed by atoms with E-state index in [0.29, 0.717) is 45.6 Å². The molecule has 0 saturated carbocycles. The molecule has 0 spiro atoms. The molecule has 1 atom stereocenters. The number of β-amino-alcohol motifs (C(OH)–C–C–N with tert-alkyl or cyclic N) is 1. The fourth-order valence-corrected chi connectivity index (χ4v) is 4.43. The Morgan fingerprint density at radius 3 is 2.37 bits per heavy atom. The molecule has 8 nitrogen and oxygen atoms in total. The minimum absolute atomic E-state index is 0.0164. The first-order chi connectivity index (χ1) is 14.3. The van der Waals surface area contributed by atoms with Crippen LogP contribution in [-0.4, -0.2) is 92.3 Å². The first-order valence-electron chi connectivity index (χ1n) is 10.6. The van der Waals surface area contributed by atoms with Crippen molar-refractivity contribution in [3.8, 4) is 5.75 Å². The number of aliphatic hydroxyl groups is 1. The minimum atomic E-state index is -0.790. The summed E-state index contributed by atoms with van der Waals surface area (Å²) in [5, 5.41) is 14.0. The van der Waals surface area contributed by atoms with Gasteiger partial charge in [-0.3, -0.25) is 14.5 Å². The van der Waals surface area contributed by atoms with Gasteiger partial charge in [0.1, 0.15) is 5.75 Å². The average molecular weight is 419 g/mol. The Balaban J connectivity index is 1.60. The largest absolute Gasteiger partial charge is 0.497 e. The number of benzene rings is 1. The molecule has 166 valence electrons. The SMILES string of the molecule is CNC(=O)[C@@H]1CN(CC2(O)CCN(c3ccc(OC)cc3)CC2)CCN(C(C)=O)C1. The van der Waals surface area contributed by atoms with Crippen molar-refractivity contribution >= 4 is 17.5 Å². The molecule has 3 rings (SSSR count). The molecule has 0 radical (unpaired) electrons. The van der Waals surface area contributed by atoms with Crippen molar-refractivity contribution in [1.29, 1.82) is 0 Å². The Morgan fingerprint density at radius 2 is 1.80 bits per heavy atom. The predicted octanol–water partition coefficient (Wildman–Crippen LogP) is 0.553. The number of amides is 2. The zero-order valence-corrected chi connectivity index (χ0v) is 18.3. The summed E-state index contributed by atoms with van der Waals surface area (Å²) in [6.45, 7) is 5.82. The summed E-state index contributed by atoms with van der Waals surface area (Å²) >= 11 is 0. The number of nitrogens with one attached hydrogen (secondary N) is 1. The van der Waals surface area contributed by atoms with E-state index in [0.717, 1.165) is 24.5 Å². The van der Waals surface area contributed by atoms with E-state index in [9.17, 15) is 14.7 Å². The predicted molar refractivity (Wildman–Crippen MR) is 116 cm³/mol. The molecule has 0 unspecified atom stereocenters. The van der Waals surface area contributed by atoms with E-state index in [2.05, 4.69) is 15.1 Å². The van der Waals surface area contributed by atoms with Gasteiger partial charge in [0.2, 0.25) is 11.8 Å². The van der Waals surface area contributed by atoms with Crippen LogP contribution < -0.4 is 15.0 Å². The highest BCUT2D eigenvalue weighted by Crippen LogP contribution is 2.29. The lowest BCUT2D eigenvalue weighted by Crippen LogP contribution is -2.52. The molecule has 2 saturated heterocycles. The number of methoxy groups -OCH3 is 1. The molecule has 2 amide bonds. The monoisotopic (exact) mass is 418 g/mol. The van der Waals surface area contributed by atoms with Crippen molar-refractivity contribution in [1.82, 2.24) is 15.1 Å². The second kappa shape index (κ2) is 9.66. The third-order valence-corrected chi connectivity index (χ3v) is 6.32. The van der Waals surface area contributed by atoms with E-state index < -0.39 is 5.60 Å². The van der Waals surface area contributed by atoms with Gasteiger partial charge in [-0.25, -0.2) is 0 Å². The molecule has 1 aromatic rings. The summed E-state index contributed by atoms with van der Waals surface area (Å²) in [6.07, 6.45) is 1.33. The van der Waals surface area contributed by atoms with E-state index in [-0.39, 0.29) is 17.7 Å². The van der Waals surface area contributed by atoms with Crippen LogP contribution in [-0.2, 0) is 9.59 Å². The van der Waals surface area contributed by atoms with Gasteiger partial charge >= 0.3 is 0 Å². The smallest absolute Gasteiger partial charge is 0.225 e. The maximum Gasteiger partial charge on any atom is 0.225 e. The van der Waals surface area contributed by atoms with E-state index in [1.165, 1.54) is 0 Å². The van der Waals surface area contributed by atoms with Crippen LogP contribution in [0.1, 0.15) is 19.8 Å². The Hall–Kier alpha value is -2.32. The van der Waals surface area contributed by atoms with Crippen LogP contribution in [0.3, 0.4) is 0 Å². The van der Waals surface area contributed by atoms with Crippen molar-refractivity contribution in [3.05, 3.63) is 24.3 Å². The zero-order chi connectivity index (χ0) is 21.7. The van der Waals surface area contributed by atoms with Gasteiger partial charge in [-0.2, -0.15) is 0 Å². The highest BCUT2D eigenvalue weighted by Gasteiger charge is 2.37. The Kier molecular flexibility index (Phi) is 7.20. The molecule has 2 fully saturated rings. The minimum Gasteiger partial charge on any atom is -0.497 e. The number of anilines is 1. The van der Waals surface area contributed by atoms with Crippen molar-refractivity contribution in [2.75, 3.05) is 64.9 Å². The van der Waals surface area contributed by atoms with E-state index in [1.807, 2.05) is 24.3 Å². The lowest BCUT2D eigenvalue weighted by atomic mass is 9.90. The number of nitrogens with zero attached hydrogens (tertiary/aromatic N) is 3. The van der Waals surface area contributed by atoms with Crippen LogP contribution in [0, 0.1) is 5.92 Å². The molecule has 30 heavy (non-hydrogen) atoms. The normalized spacial score (nSPS) is 22.3. The van der Waals surface area contributed by atoms with Crippen molar-refractivity contribution in [2.45, 2.75) is 25.4 Å². The van der Waals surface area contributed by atoms with Gasteiger partial charge in [-0.1, -0.05) is 0 Å². The zero-order valence-electron chi connectivity index (χ0n) is 18.3. The van der Waals surface area contributed by atoms with Crippen LogP contribution in [0.4, 0.5) is 5.69 Å². The number of hydrogen-bond donors (Lipinski definition) is 2. The number of piperidine rings is 1. The van der Waals surface area contributed by atoms with Gasteiger partial charge in [0.05, 0.1) is 18.6 Å². The van der Waals surface area contributed by atoms with Crippen molar-refractivity contribution in [2.24, 2.45) is 5.92 Å². The molecule has 0 aliphatic carbocycles. The molecule has 2 aliphatic heterocycles. The highest BCUT2D eigenvalue weighted by atomic mass is 16.5. The lowest BCUT2D eigenvalue weighted by molar-refractivity contribution is -0.131. The quantitative estimate of drug-likeness (QED) is 0.727. The van der Waals surface area contributed by atoms with Crippen LogP contribution >= 0.6 is 0 Å². The number of ether oxygens (including phenoxy) is 1. The Labute approximate surface area is 178 Å². The standard InChI is InChI=1S/C22H34N4O4/c1-17(27)26-13-12-24(14-18(15-26)21(28)23-2)16-22(29)8-10-25(11-9-22)19-4-6-20(30-3)7-5-19/h4-7,18,29H,8-16H2,1-3H3,(H,23,28)/t18-/m1/s1. The summed E-state index contributed by atoms with van der Waals surface area (Å²) in [5.41, 5.74) is 0.339. The fourth-order valence-electron chi connectivity index (χ4n) is 4.43. The van der Waals surface area contributed by atoms with E-state index >= 15 is 0 Å². The maximum atomic E-state index is 12.3. The summed E-state index contributed by atoms with van der Waals surface area (Å²) in [6, 6.07) is 7.99. The number of carbonyl (C=O) groups is 2. The van der Waals surface area contributed by atoms with Gasteiger partial charge in [0.15, 0.2) is 0 Å². The van der Waals surface area contributed by atoms with Gasteiger partial charge in [-0.15, -0.1) is 0 Å². The molecule has 2 heterocycles. The van der Waals surface area contributed by atoms with Crippen LogP contribution in [0.5, 0.6) is 5.75 Å². The number of rotatable bonds is 5. The Morgan fingerprint density at radius 1 is 1.13 bits per heavy atom. The summed E-state index contributed by atoms with van der Waals surface area (Å²) in [4.78, 5) is 30.3.